The van der Waals surface area contributed by atoms with Gasteiger partial charge in [-0.2, -0.15) is 0 Å². The van der Waals surface area contributed by atoms with Crippen LogP contribution in [0, 0.1) is 0 Å². The highest BCUT2D eigenvalue weighted by atomic mass is 16.5. The lowest BCUT2D eigenvalue weighted by Crippen LogP contribution is -2.37. The van der Waals surface area contributed by atoms with E-state index in [-0.39, 0.29) is 11.1 Å². The Morgan fingerprint density at radius 3 is 1.47 bits per heavy atom. The maximum Gasteiger partial charge on any atom is 0.0587 e. The Morgan fingerprint density at radius 2 is 1.11 bits per heavy atom. The second-order valence-corrected chi connectivity index (χ2v) is 6.69. The van der Waals surface area contributed by atoms with Crippen LogP contribution in [0.1, 0.15) is 48.0 Å². The molecule has 0 rings (SSSR count). The zero-order valence-corrected chi connectivity index (χ0v) is 14.4. The Bertz CT molecular complexity index is 184. The molecule has 0 saturated carbocycles. The first-order chi connectivity index (χ1) is 8.62. The third-order valence-electron chi connectivity index (χ3n) is 2.14. The smallest absolute Gasteiger partial charge is 0.0587 e. The molecule has 0 unspecified atom stereocenters. The quantitative estimate of drug-likeness (QED) is 0.701. The summed E-state index contributed by atoms with van der Waals surface area (Å²) in [5.74, 6) is 0. The Balaban J connectivity index is 0. The van der Waals surface area contributed by atoms with Gasteiger partial charge in [0, 0.05) is 38.4 Å². The fourth-order valence-electron chi connectivity index (χ4n) is 1.21. The van der Waals surface area contributed by atoms with Gasteiger partial charge in [0.1, 0.15) is 0 Å². The third kappa shape index (κ3) is 27.2. The minimum absolute atomic E-state index is 0.221. The molecule has 0 spiro atoms. The van der Waals surface area contributed by atoms with Crippen molar-refractivity contribution in [1.29, 1.82) is 0 Å². The topological polar surface area (TPSA) is 42.5 Å². The lowest BCUT2D eigenvalue weighted by atomic mass is 10.1. The zero-order chi connectivity index (χ0) is 15.4. The maximum atomic E-state index is 4.92. The van der Waals surface area contributed by atoms with Crippen molar-refractivity contribution in [2.24, 2.45) is 0 Å². The van der Waals surface area contributed by atoms with Crippen molar-refractivity contribution in [2.45, 2.75) is 59.0 Å². The summed E-state index contributed by atoms with van der Waals surface area (Å²) in [6.45, 7) is 16.5. The van der Waals surface area contributed by atoms with Crippen molar-refractivity contribution in [2.75, 3.05) is 40.5 Å². The van der Waals surface area contributed by atoms with Gasteiger partial charge in [-0.15, -0.1) is 0 Å². The summed E-state index contributed by atoms with van der Waals surface area (Å²) in [4.78, 5) is 0. The highest BCUT2D eigenvalue weighted by Crippen LogP contribution is 1.97. The molecule has 0 bridgehead atoms. The van der Waals surface area contributed by atoms with Crippen LogP contribution in [-0.2, 0) is 9.47 Å². The molecule has 0 aromatic rings. The van der Waals surface area contributed by atoms with Crippen LogP contribution >= 0.6 is 0 Å². The third-order valence-corrected chi connectivity index (χ3v) is 2.14. The fourth-order valence-corrected chi connectivity index (χ4v) is 1.21. The van der Waals surface area contributed by atoms with Gasteiger partial charge in [-0.1, -0.05) is 0 Å². The summed E-state index contributed by atoms with van der Waals surface area (Å²) in [5.41, 5.74) is 0.465. The molecular weight excluding hydrogens is 240 g/mol. The van der Waals surface area contributed by atoms with E-state index in [1.165, 1.54) is 0 Å². The summed E-state index contributed by atoms with van der Waals surface area (Å²) in [6.07, 6.45) is 1.09. The largest absolute Gasteiger partial charge is 0.385 e. The van der Waals surface area contributed by atoms with E-state index in [1.54, 1.807) is 14.2 Å². The summed E-state index contributed by atoms with van der Waals surface area (Å²) in [6, 6.07) is 0. The number of nitrogens with one attached hydrogen (secondary N) is 2. The van der Waals surface area contributed by atoms with Crippen LogP contribution in [0.25, 0.3) is 0 Å². The van der Waals surface area contributed by atoms with Crippen molar-refractivity contribution >= 4 is 0 Å². The van der Waals surface area contributed by atoms with Gasteiger partial charge < -0.3 is 20.1 Å². The molecule has 0 aromatic heterocycles. The van der Waals surface area contributed by atoms with Crippen LogP contribution in [0.3, 0.4) is 0 Å². The van der Waals surface area contributed by atoms with Crippen molar-refractivity contribution in [3.05, 3.63) is 0 Å². The van der Waals surface area contributed by atoms with Crippen LogP contribution in [0.5, 0.6) is 0 Å². The minimum atomic E-state index is 0.221. The van der Waals surface area contributed by atoms with E-state index in [9.17, 15) is 0 Å². The summed E-state index contributed by atoms with van der Waals surface area (Å²) < 4.78 is 9.79. The molecule has 4 heteroatoms. The number of hydrogen-bond acceptors (Lipinski definition) is 4. The Hall–Kier alpha value is -0.160. The molecular formula is C15H36N2O2. The first-order valence-electron chi connectivity index (χ1n) is 7.10. The van der Waals surface area contributed by atoms with E-state index in [0.29, 0.717) is 0 Å². The highest BCUT2D eigenvalue weighted by molar-refractivity contribution is 4.69. The van der Waals surface area contributed by atoms with Crippen LogP contribution in [0.15, 0.2) is 0 Å². The second kappa shape index (κ2) is 11.6. The normalized spacial score (nSPS) is 12.0. The lowest BCUT2D eigenvalue weighted by Gasteiger charge is -2.20. The first-order valence-corrected chi connectivity index (χ1v) is 7.10. The average Bonchev–Trinajstić information content (AvgIpc) is 2.23. The van der Waals surface area contributed by atoms with Gasteiger partial charge in [0.05, 0.1) is 6.61 Å². The molecule has 19 heavy (non-hydrogen) atoms. The number of rotatable bonds is 7. The molecule has 0 radical (unpaired) electrons. The first kappa shape index (κ1) is 21.1. The van der Waals surface area contributed by atoms with E-state index in [4.69, 9.17) is 9.47 Å². The van der Waals surface area contributed by atoms with Gasteiger partial charge in [0.2, 0.25) is 0 Å². The van der Waals surface area contributed by atoms with Gasteiger partial charge in [0.25, 0.3) is 0 Å². The molecule has 0 aliphatic rings. The van der Waals surface area contributed by atoms with Gasteiger partial charge in [0.15, 0.2) is 0 Å². The number of hydrogen-bond donors (Lipinski definition) is 2. The minimum Gasteiger partial charge on any atom is -0.385 e. The zero-order valence-electron chi connectivity index (χ0n) is 14.4. The molecule has 0 aliphatic carbocycles. The van der Waals surface area contributed by atoms with Crippen molar-refractivity contribution in [3.63, 3.8) is 0 Å². The van der Waals surface area contributed by atoms with E-state index < -0.39 is 0 Å². The van der Waals surface area contributed by atoms with Gasteiger partial charge >= 0.3 is 0 Å². The molecule has 0 aromatic carbocycles. The SMILES string of the molecule is COCCCNC(C)(C)C.COCCNC(C)(C)C. The summed E-state index contributed by atoms with van der Waals surface area (Å²) in [5, 5.41) is 6.67. The molecule has 4 nitrogen and oxygen atoms in total. The van der Waals surface area contributed by atoms with Crippen LogP contribution < -0.4 is 10.6 Å². The van der Waals surface area contributed by atoms with E-state index in [0.717, 1.165) is 32.7 Å². The van der Waals surface area contributed by atoms with E-state index in [2.05, 4.69) is 52.2 Å². The van der Waals surface area contributed by atoms with E-state index in [1.807, 2.05) is 0 Å². The molecule has 0 atom stereocenters. The lowest BCUT2D eigenvalue weighted by molar-refractivity contribution is 0.190. The van der Waals surface area contributed by atoms with Gasteiger partial charge in [-0.3, -0.25) is 0 Å². The maximum absolute atomic E-state index is 4.92. The summed E-state index contributed by atoms with van der Waals surface area (Å²) in [7, 11) is 3.45. The molecule has 0 aliphatic heterocycles. The number of ether oxygens (including phenoxy) is 2. The average molecular weight is 276 g/mol. The Morgan fingerprint density at radius 1 is 0.684 bits per heavy atom. The summed E-state index contributed by atoms with van der Waals surface area (Å²) >= 11 is 0. The van der Waals surface area contributed by atoms with Crippen LogP contribution in [0.2, 0.25) is 0 Å². The second-order valence-electron chi connectivity index (χ2n) is 6.69. The molecule has 0 saturated heterocycles. The standard InChI is InChI=1S/C8H19NO.C7H17NO/c1-8(2,3)9-6-5-7-10-4;1-7(2,3)8-5-6-9-4/h9H,5-7H2,1-4H3;8H,5-6H2,1-4H3. The Kier molecular flexibility index (Phi) is 13.0. The van der Waals surface area contributed by atoms with E-state index >= 15 is 0 Å². The van der Waals surface area contributed by atoms with Crippen molar-refractivity contribution < 1.29 is 9.47 Å². The molecule has 0 heterocycles. The predicted molar refractivity (Wildman–Crippen MR) is 83.9 cm³/mol. The van der Waals surface area contributed by atoms with Crippen LogP contribution in [0.4, 0.5) is 0 Å². The molecule has 118 valence electrons. The number of methoxy groups -OCH3 is 2. The van der Waals surface area contributed by atoms with Crippen LogP contribution in [-0.4, -0.2) is 51.6 Å². The van der Waals surface area contributed by atoms with Gasteiger partial charge in [-0.05, 0) is 54.5 Å². The molecule has 0 fully saturated rings. The highest BCUT2D eigenvalue weighted by Gasteiger charge is 2.06. The fraction of sp³-hybridized carbons (Fsp3) is 1.00. The van der Waals surface area contributed by atoms with Crippen molar-refractivity contribution in [3.8, 4) is 0 Å². The monoisotopic (exact) mass is 276 g/mol. The molecule has 0 amide bonds. The predicted octanol–water partition coefficient (Wildman–Crippen LogP) is 2.43. The van der Waals surface area contributed by atoms with Crippen molar-refractivity contribution in [1.82, 2.24) is 10.6 Å². The molecule has 2 N–H and O–H groups in total. The van der Waals surface area contributed by atoms with Gasteiger partial charge in [-0.25, -0.2) is 0 Å². The Labute approximate surface area is 120 Å².